The fourth-order valence-electron chi connectivity index (χ4n) is 9.62. The van der Waals surface area contributed by atoms with Gasteiger partial charge in [-0.25, -0.2) is 0 Å². The first kappa shape index (κ1) is 34.7. The average Bonchev–Trinajstić information content (AvgIpc) is 3.64. The first-order valence-corrected chi connectivity index (χ1v) is 20.2. The van der Waals surface area contributed by atoms with Crippen molar-refractivity contribution in [2.24, 2.45) is 0 Å². The predicted molar refractivity (Wildman–Crippen MR) is 243 cm³/mol. The summed E-state index contributed by atoms with van der Waals surface area (Å²) in [5, 5.41) is 6.52. The minimum atomic E-state index is -0.0734. The van der Waals surface area contributed by atoms with Gasteiger partial charge in [-0.15, -0.1) is 0 Å². The van der Waals surface area contributed by atoms with Crippen molar-refractivity contribution in [3.8, 4) is 39.1 Å². The molecule has 7 aromatic carbocycles. The summed E-state index contributed by atoms with van der Waals surface area (Å²) < 4.78 is 2.62. The van der Waals surface area contributed by atoms with Gasteiger partial charge in [0.05, 0.1) is 5.52 Å². The van der Waals surface area contributed by atoms with Crippen LogP contribution in [0.2, 0.25) is 0 Å². The molecule has 0 atom stereocenters. The summed E-state index contributed by atoms with van der Waals surface area (Å²) >= 11 is 0. The molecule has 0 saturated heterocycles. The van der Waals surface area contributed by atoms with Gasteiger partial charge in [-0.2, -0.15) is 0 Å². The Kier molecular flexibility index (Phi) is 7.49. The normalized spacial score (nSPS) is 14.0. The lowest BCUT2D eigenvalue weighted by Gasteiger charge is -2.27. The zero-order valence-electron chi connectivity index (χ0n) is 33.9. The summed E-state index contributed by atoms with van der Waals surface area (Å²) in [7, 11) is 0.854. The molecule has 10 rings (SSSR count). The van der Waals surface area contributed by atoms with Gasteiger partial charge in [-0.1, -0.05) is 158 Å². The van der Waals surface area contributed by atoms with E-state index in [1.54, 1.807) is 0 Å². The van der Waals surface area contributed by atoms with E-state index in [0.717, 1.165) is 18.7 Å². The highest BCUT2D eigenvalue weighted by molar-refractivity contribution is 6.73. The average molecular weight is 725 g/mol. The van der Waals surface area contributed by atoms with Crippen LogP contribution in [0.3, 0.4) is 0 Å². The predicted octanol–water partition coefficient (Wildman–Crippen LogP) is 12.5. The van der Waals surface area contributed by atoms with Crippen molar-refractivity contribution in [2.45, 2.75) is 71.6 Å². The maximum atomic E-state index is 3.86. The molecular weight excluding hydrogens is 675 g/mol. The highest BCUT2D eigenvalue weighted by Crippen LogP contribution is 2.50. The van der Waals surface area contributed by atoms with E-state index in [4.69, 9.17) is 0 Å². The van der Waals surface area contributed by atoms with Crippen LogP contribution < -0.4 is 16.2 Å². The molecule has 0 amide bonds. The smallest absolute Gasteiger partial charge is 0.198 e. The van der Waals surface area contributed by atoms with Crippen molar-refractivity contribution < 1.29 is 0 Å². The largest absolute Gasteiger partial charge is 0.355 e. The molecule has 0 fully saturated rings. The van der Waals surface area contributed by atoms with E-state index in [1.165, 1.54) is 94.1 Å². The third-order valence-corrected chi connectivity index (χ3v) is 12.7. The van der Waals surface area contributed by atoms with Crippen LogP contribution in [0.15, 0.2) is 140 Å². The molecule has 274 valence electrons. The Labute approximate surface area is 332 Å². The highest BCUT2D eigenvalue weighted by atomic mass is 15.0. The maximum Gasteiger partial charge on any atom is 0.198 e. The lowest BCUT2D eigenvalue weighted by Crippen LogP contribution is -2.38. The van der Waals surface area contributed by atoms with Crippen LogP contribution in [0.25, 0.3) is 60.9 Å². The molecule has 2 aliphatic rings. The van der Waals surface area contributed by atoms with Crippen LogP contribution in [0.4, 0.5) is 11.4 Å². The zero-order valence-corrected chi connectivity index (χ0v) is 33.9. The number of benzene rings is 7. The minimum Gasteiger partial charge on any atom is -0.355 e. The Morgan fingerprint density at radius 1 is 0.554 bits per heavy atom. The zero-order chi connectivity index (χ0) is 38.7. The SMILES string of the molecule is CC(C)(C)c1ccc(Nc2ccccc2-c2cc(-c3ccccc3)c3c4cc(C(C)(C)C)ccc4n4c3c2Bc2cc3c(cc2-4)-c2ccccc2C3(C)C)cc1. The second kappa shape index (κ2) is 12.1. The molecule has 0 saturated carbocycles. The minimum absolute atomic E-state index is 0.0161. The second-order valence-electron chi connectivity index (χ2n) is 18.7. The van der Waals surface area contributed by atoms with Crippen molar-refractivity contribution in [3.05, 3.63) is 162 Å². The highest BCUT2D eigenvalue weighted by Gasteiger charge is 2.38. The van der Waals surface area contributed by atoms with Crippen molar-refractivity contribution in [1.29, 1.82) is 0 Å². The molecule has 1 aromatic heterocycles. The number of hydrogen-bond acceptors (Lipinski definition) is 1. The third kappa shape index (κ3) is 5.24. The van der Waals surface area contributed by atoms with Gasteiger partial charge in [-0.3, -0.25) is 0 Å². The summed E-state index contributed by atoms with van der Waals surface area (Å²) in [6.45, 7) is 18.6. The van der Waals surface area contributed by atoms with Crippen molar-refractivity contribution in [3.63, 3.8) is 0 Å². The molecule has 2 heterocycles. The summed E-state index contributed by atoms with van der Waals surface area (Å²) in [4.78, 5) is 0. The van der Waals surface area contributed by atoms with E-state index in [9.17, 15) is 0 Å². The van der Waals surface area contributed by atoms with Crippen LogP contribution in [-0.4, -0.2) is 11.8 Å². The fraction of sp³-hybridized carbons (Fsp3) is 0.208. The topological polar surface area (TPSA) is 17.0 Å². The Morgan fingerprint density at radius 2 is 1.21 bits per heavy atom. The van der Waals surface area contributed by atoms with E-state index in [2.05, 4.69) is 205 Å². The van der Waals surface area contributed by atoms with Gasteiger partial charge in [0.25, 0.3) is 0 Å². The van der Waals surface area contributed by atoms with Crippen molar-refractivity contribution in [2.75, 3.05) is 5.32 Å². The Morgan fingerprint density at radius 3 is 1.95 bits per heavy atom. The van der Waals surface area contributed by atoms with E-state index in [1.807, 2.05) is 0 Å². The summed E-state index contributed by atoms with van der Waals surface area (Å²) in [6.07, 6.45) is 0. The first-order valence-electron chi connectivity index (χ1n) is 20.2. The van der Waals surface area contributed by atoms with Crippen LogP contribution in [0, 0.1) is 0 Å². The molecule has 0 radical (unpaired) electrons. The molecular formula is C53H49BN2. The summed E-state index contributed by atoms with van der Waals surface area (Å²) in [6, 6.07) is 52.7. The Hall–Kier alpha value is -5.80. The molecule has 56 heavy (non-hydrogen) atoms. The Balaban J connectivity index is 1.29. The summed E-state index contributed by atoms with van der Waals surface area (Å²) in [5.41, 5.74) is 22.1. The molecule has 1 aliphatic heterocycles. The number of anilines is 2. The van der Waals surface area contributed by atoms with E-state index in [-0.39, 0.29) is 16.2 Å². The fourth-order valence-corrected chi connectivity index (χ4v) is 9.62. The number of hydrogen-bond donors (Lipinski definition) is 1. The standard InChI is InChI=1S/C53H49BN2/c1-51(2,3)33-22-25-35(26-23-33)55-45-21-15-13-19-37(45)40-29-38(32-16-10-9-11-17-32)48-41-28-34(52(4,5)6)24-27-46(41)56-47-30-39-36-18-12-14-20-42(36)53(7,8)43(39)31-44(47)54-49(40)50(48)56/h9-31,54-55H,1-8H3. The molecule has 0 bridgehead atoms. The van der Waals surface area contributed by atoms with Crippen LogP contribution in [0.5, 0.6) is 0 Å². The lowest BCUT2D eigenvalue weighted by atomic mass is 9.58. The van der Waals surface area contributed by atoms with Gasteiger partial charge in [0.1, 0.15) is 0 Å². The number of nitrogens with one attached hydrogen (secondary N) is 1. The molecule has 3 heteroatoms. The van der Waals surface area contributed by atoms with Gasteiger partial charge in [-0.05, 0) is 109 Å². The van der Waals surface area contributed by atoms with E-state index < -0.39 is 0 Å². The van der Waals surface area contributed by atoms with Gasteiger partial charge < -0.3 is 9.88 Å². The van der Waals surface area contributed by atoms with E-state index >= 15 is 0 Å². The van der Waals surface area contributed by atoms with Crippen molar-refractivity contribution in [1.82, 2.24) is 4.57 Å². The maximum absolute atomic E-state index is 3.86. The third-order valence-electron chi connectivity index (χ3n) is 12.7. The van der Waals surface area contributed by atoms with Gasteiger partial charge >= 0.3 is 0 Å². The van der Waals surface area contributed by atoms with E-state index in [0.29, 0.717) is 0 Å². The number of fused-ring (bicyclic) bond motifs is 8. The molecule has 1 N–H and O–H groups in total. The molecule has 2 nitrogen and oxygen atoms in total. The van der Waals surface area contributed by atoms with Crippen LogP contribution in [0.1, 0.15) is 77.6 Å². The number of nitrogens with zero attached hydrogens (tertiary/aromatic N) is 1. The van der Waals surface area contributed by atoms with Crippen molar-refractivity contribution >= 4 is 51.4 Å². The number of para-hydroxylation sites is 1. The van der Waals surface area contributed by atoms with Gasteiger partial charge in [0.2, 0.25) is 0 Å². The molecule has 0 unspecified atom stereocenters. The molecule has 1 aliphatic carbocycles. The quantitative estimate of drug-likeness (QED) is 0.179. The molecule has 0 spiro atoms. The van der Waals surface area contributed by atoms with Crippen LogP contribution in [-0.2, 0) is 16.2 Å². The Bertz CT molecular complexity index is 2880. The first-order chi connectivity index (χ1) is 26.8. The summed E-state index contributed by atoms with van der Waals surface area (Å²) in [5.74, 6) is 0. The second-order valence-corrected chi connectivity index (χ2v) is 18.7. The molecule has 8 aromatic rings. The number of aromatic nitrogens is 1. The number of rotatable bonds is 4. The van der Waals surface area contributed by atoms with Gasteiger partial charge in [0.15, 0.2) is 7.28 Å². The monoisotopic (exact) mass is 724 g/mol. The van der Waals surface area contributed by atoms with Gasteiger partial charge in [0, 0.05) is 44.3 Å². The van der Waals surface area contributed by atoms with Crippen LogP contribution >= 0.6 is 0 Å². The lowest BCUT2D eigenvalue weighted by molar-refractivity contribution is 0.590.